The molecule has 2 aromatic rings. The van der Waals surface area contributed by atoms with Gasteiger partial charge in [0.15, 0.2) is 22.0 Å². The molecule has 33 heavy (non-hydrogen) atoms. The van der Waals surface area contributed by atoms with Crippen molar-refractivity contribution in [3.63, 3.8) is 0 Å². The fraction of sp³-hybridized carbons (Fsp3) is 0.381. The Labute approximate surface area is 198 Å². The Balaban J connectivity index is 2.02. The number of aromatic amines is 1. The van der Waals surface area contributed by atoms with Gasteiger partial charge in [-0.2, -0.15) is 0 Å². The summed E-state index contributed by atoms with van der Waals surface area (Å²) in [5.41, 5.74) is -1.32. The summed E-state index contributed by atoms with van der Waals surface area (Å²) in [7, 11) is 0. The van der Waals surface area contributed by atoms with Gasteiger partial charge in [0, 0.05) is 20.8 Å². The summed E-state index contributed by atoms with van der Waals surface area (Å²) in [5, 5.41) is 0. The van der Waals surface area contributed by atoms with Crippen molar-refractivity contribution in [3.05, 3.63) is 64.5 Å². The van der Waals surface area contributed by atoms with Crippen molar-refractivity contribution in [2.75, 3.05) is 6.61 Å². The molecule has 1 N–H and O–H groups in total. The zero-order valence-corrected chi connectivity index (χ0v) is 20.1. The molecule has 4 atom stereocenters. The zero-order chi connectivity index (χ0) is 24.1. The lowest BCUT2D eigenvalue weighted by molar-refractivity contribution is -0.599. The van der Waals surface area contributed by atoms with E-state index >= 15 is 0 Å². The van der Waals surface area contributed by atoms with Gasteiger partial charge < -0.3 is 18.9 Å². The first-order valence-electron chi connectivity index (χ1n) is 9.84. The van der Waals surface area contributed by atoms with E-state index in [1.165, 1.54) is 13.1 Å². The molecule has 1 aliphatic rings. The van der Waals surface area contributed by atoms with Crippen LogP contribution in [-0.2, 0) is 33.3 Å². The van der Waals surface area contributed by atoms with Gasteiger partial charge in [-0.3, -0.25) is 28.7 Å². The van der Waals surface area contributed by atoms with Crippen molar-refractivity contribution in [2.45, 2.75) is 45.3 Å². The lowest BCUT2D eigenvalue weighted by Gasteiger charge is -2.23. The lowest BCUT2D eigenvalue weighted by Crippen LogP contribution is -3.62. The highest BCUT2D eigenvalue weighted by Gasteiger charge is 2.51. The number of esters is 3. The Morgan fingerprint density at radius 3 is 2.24 bits per heavy atom. The molecular formula is C21H22IN2O9+. The third kappa shape index (κ3) is 6.28. The second-order valence-electron chi connectivity index (χ2n) is 7.05. The molecular weight excluding hydrogens is 551 g/mol. The van der Waals surface area contributed by atoms with Gasteiger partial charge in [0.05, 0.1) is 6.20 Å². The Bertz CT molecular complexity index is 1140. The van der Waals surface area contributed by atoms with Crippen molar-refractivity contribution in [3.8, 4) is 0 Å². The number of carbonyl (C=O) groups excluding carboxylic acids is 3. The zero-order valence-electron chi connectivity index (χ0n) is 18.0. The molecule has 11 nitrogen and oxygen atoms in total. The van der Waals surface area contributed by atoms with Crippen LogP contribution in [0, 0.1) is 7.14 Å². The molecule has 0 radical (unpaired) electrons. The van der Waals surface area contributed by atoms with E-state index in [1.807, 2.05) is 30.3 Å². The van der Waals surface area contributed by atoms with E-state index in [0.717, 1.165) is 22.0 Å². The molecule has 3 rings (SSSR count). The molecule has 0 aliphatic carbocycles. The smallest absolute Gasteiger partial charge is 0.365 e. The summed E-state index contributed by atoms with van der Waals surface area (Å²) in [6, 6.07) is 9.30. The number of hydrogen-bond acceptors (Lipinski definition) is 9. The monoisotopic (exact) mass is 573 g/mol. The lowest BCUT2D eigenvalue weighted by atomic mass is 10.1. The van der Waals surface area contributed by atoms with Crippen molar-refractivity contribution in [1.82, 2.24) is 9.55 Å². The van der Waals surface area contributed by atoms with Crippen LogP contribution in [0.4, 0.5) is 0 Å². The van der Waals surface area contributed by atoms with Gasteiger partial charge in [-0.1, -0.05) is 18.2 Å². The fourth-order valence-corrected chi connectivity index (χ4v) is 5.49. The van der Waals surface area contributed by atoms with Gasteiger partial charge in [0.25, 0.3) is 3.57 Å². The maximum absolute atomic E-state index is 12.7. The highest BCUT2D eigenvalue weighted by atomic mass is 127. The van der Waals surface area contributed by atoms with Gasteiger partial charge in [0.1, 0.15) is 12.7 Å². The van der Waals surface area contributed by atoms with E-state index in [2.05, 4.69) is 4.98 Å². The molecule has 176 valence electrons. The normalized spacial score (nSPS) is 21.9. The van der Waals surface area contributed by atoms with Crippen molar-refractivity contribution >= 4 is 17.9 Å². The van der Waals surface area contributed by atoms with Crippen LogP contribution in [0.3, 0.4) is 0 Å². The van der Waals surface area contributed by atoms with Gasteiger partial charge in [0.2, 0.25) is 0 Å². The predicted molar refractivity (Wildman–Crippen MR) is 107 cm³/mol. The van der Waals surface area contributed by atoms with E-state index in [1.54, 1.807) is 0 Å². The Morgan fingerprint density at radius 1 is 1.00 bits per heavy atom. The molecule has 0 saturated carbocycles. The number of ether oxygens (including phenoxy) is 4. The second-order valence-corrected chi connectivity index (χ2v) is 10.00. The van der Waals surface area contributed by atoms with E-state index in [4.69, 9.17) is 18.9 Å². The summed E-state index contributed by atoms with van der Waals surface area (Å²) >= 11 is -0.944. The number of benzene rings is 1. The van der Waals surface area contributed by atoms with Crippen LogP contribution in [0.2, 0.25) is 0 Å². The molecule has 0 unspecified atom stereocenters. The number of halogens is 1. The van der Waals surface area contributed by atoms with Gasteiger partial charge >= 0.3 is 50.4 Å². The van der Waals surface area contributed by atoms with Gasteiger partial charge in [-0.15, -0.1) is 0 Å². The first-order chi connectivity index (χ1) is 15.7. The average Bonchev–Trinajstić information content (AvgIpc) is 3.05. The van der Waals surface area contributed by atoms with E-state index in [9.17, 15) is 24.0 Å². The Kier molecular flexibility index (Phi) is 8.02. The number of aromatic nitrogens is 2. The highest BCUT2D eigenvalue weighted by Crippen LogP contribution is 2.33. The second kappa shape index (κ2) is 10.7. The number of carbonyl (C=O) groups is 3. The standard InChI is InChI=1S/C21H21IN2O9/c1-11(25)30-10-16-17(31-12(2)26)18(32-13(3)27)20(33-16)24-9-15(19(28)23-21(24)29)22-14-7-5-4-6-8-14/h4-9,16-18,20H,10H2,1-3H3/p+1/t16-,17-,18-,20-/m1/s1. The van der Waals surface area contributed by atoms with Crippen LogP contribution in [-0.4, -0.2) is 52.4 Å². The molecule has 2 heterocycles. The number of nitrogens with one attached hydrogen (secondary N) is 1. The van der Waals surface area contributed by atoms with Crippen molar-refractivity contribution in [2.24, 2.45) is 0 Å². The summed E-state index contributed by atoms with van der Waals surface area (Å²) in [6.07, 6.45) is -3.26. The summed E-state index contributed by atoms with van der Waals surface area (Å²) in [5.74, 6) is -1.98. The quantitative estimate of drug-likeness (QED) is 0.208. The third-order valence-corrected chi connectivity index (χ3v) is 7.17. The molecule has 1 saturated heterocycles. The largest absolute Gasteiger partial charge is 0.463 e. The molecule has 12 heteroatoms. The maximum atomic E-state index is 12.7. The molecule has 0 bridgehead atoms. The minimum absolute atomic E-state index is 0.302. The first kappa shape index (κ1) is 24.6. The average molecular weight is 573 g/mol. The predicted octanol–water partition coefficient (Wildman–Crippen LogP) is -3.01. The Morgan fingerprint density at radius 2 is 1.64 bits per heavy atom. The van der Waals surface area contributed by atoms with Crippen molar-refractivity contribution < 1.29 is 54.5 Å². The van der Waals surface area contributed by atoms with E-state index in [0.29, 0.717) is 3.57 Å². The first-order valence-corrected chi connectivity index (χ1v) is 12.0. The summed E-state index contributed by atoms with van der Waals surface area (Å²) in [4.78, 5) is 62.1. The summed E-state index contributed by atoms with van der Waals surface area (Å²) in [6.45, 7) is 3.21. The SMILES string of the molecule is CC(=O)OC[C@H]1O[C@@H](n2cc([I+]c3ccccc3)c(=O)[nH]c2=O)[C@H](OC(C)=O)[C@@H]1OC(C)=O. The molecule has 0 amide bonds. The molecule has 1 aromatic carbocycles. The van der Waals surface area contributed by atoms with E-state index < -0.39 is 74.9 Å². The van der Waals surface area contributed by atoms with Crippen molar-refractivity contribution in [1.29, 1.82) is 0 Å². The topological polar surface area (TPSA) is 143 Å². The van der Waals surface area contributed by atoms with Crippen LogP contribution in [0.5, 0.6) is 0 Å². The highest BCUT2D eigenvalue weighted by molar-refractivity contribution is 5.68. The number of hydrogen-bond donors (Lipinski definition) is 1. The number of rotatable bonds is 7. The van der Waals surface area contributed by atoms with Crippen LogP contribution in [0.25, 0.3) is 0 Å². The van der Waals surface area contributed by atoms with Crippen LogP contribution in [0.15, 0.2) is 46.1 Å². The Hall–Kier alpha value is -3.00. The van der Waals surface area contributed by atoms with Crippen LogP contribution >= 0.6 is 0 Å². The van der Waals surface area contributed by atoms with Crippen LogP contribution < -0.4 is 32.5 Å². The molecule has 1 fully saturated rings. The van der Waals surface area contributed by atoms with Gasteiger partial charge in [-0.25, -0.2) is 4.79 Å². The van der Waals surface area contributed by atoms with Gasteiger partial charge in [-0.05, 0) is 12.1 Å². The number of nitrogens with zero attached hydrogens (tertiary/aromatic N) is 1. The maximum Gasteiger partial charge on any atom is 0.365 e. The number of H-pyrrole nitrogens is 1. The fourth-order valence-electron chi connectivity index (χ4n) is 3.23. The molecule has 0 spiro atoms. The summed E-state index contributed by atoms with van der Waals surface area (Å²) < 4.78 is 23.9. The minimum Gasteiger partial charge on any atom is -0.463 e. The van der Waals surface area contributed by atoms with E-state index in [-0.39, 0.29) is 6.61 Å². The van der Waals surface area contributed by atoms with Crippen LogP contribution in [0.1, 0.15) is 27.0 Å². The molecule has 1 aromatic heterocycles. The molecule has 1 aliphatic heterocycles. The third-order valence-electron chi connectivity index (χ3n) is 4.48. The minimum atomic E-state index is -1.23.